The Kier molecular flexibility index (Phi) is 5.23. The van der Waals surface area contributed by atoms with Gasteiger partial charge in [0.2, 0.25) is 10.0 Å². The van der Waals surface area contributed by atoms with Gasteiger partial charge in [0, 0.05) is 10.5 Å². The zero-order valence-electron chi connectivity index (χ0n) is 11.6. The fourth-order valence-electron chi connectivity index (χ4n) is 2.73. The van der Waals surface area contributed by atoms with Gasteiger partial charge in [-0.15, -0.1) is 0 Å². The zero-order chi connectivity index (χ0) is 14.8. The van der Waals surface area contributed by atoms with Gasteiger partial charge in [-0.25, -0.2) is 13.1 Å². The molecule has 2 rings (SSSR count). The summed E-state index contributed by atoms with van der Waals surface area (Å²) >= 11 is 3.34. The predicted molar refractivity (Wildman–Crippen MR) is 84.0 cm³/mol. The second-order valence-electron chi connectivity index (χ2n) is 5.44. The quantitative estimate of drug-likeness (QED) is 0.866. The molecule has 0 heterocycles. The third-order valence-corrected chi connectivity index (χ3v) is 6.36. The lowest BCUT2D eigenvalue weighted by atomic mass is 9.85. The van der Waals surface area contributed by atoms with E-state index in [4.69, 9.17) is 5.73 Å². The second-order valence-corrected chi connectivity index (χ2v) is 7.98. The molecule has 2 unspecified atom stereocenters. The van der Waals surface area contributed by atoms with Crippen LogP contribution < -0.4 is 10.5 Å². The van der Waals surface area contributed by atoms with Crippen LogP contribution in [-0.4, -0.2) is 21.0 Å². The maximum absolute atomic E-state index is 12.5. The maximum atomic E-state index is 12.5. The highest BCUT2D eigenvalue weighted by atomic mass is 79.9. The van der Waals surface area contributed by atoms with Crippen molar-refractivity contribution in [3.8, 4) is 0 Å². The van der Waals surface area contributed by atoms with Crippen LogP contribution in [-0.2, 0) is 10.0 Å². The van der Waals surface area contributed by atoms with E-state index in [1.165, 1.54) is 0 Å². The van der Waals surface area contributed by atoms with Crippen LogP contribution >= 0.6 is 15.9 Å². The Hall–Kier alpha value is -0.430. The van der Waals surface area contributed by atoms with Gasteiger partial charge in [0.05, 0.1) is 4.90 Å². The normalized spacial score (nSPS) is 23.8. The van der Waals surface area contributed by atoms with Gasteiger partial charge in [0.25, 0.3) is 0 Å². The molecule has 0 saturated heterocycles. The summed E-state index contributed by atoms with van der Waals surface area (Å²) in [5, 5.41) is 0. The van der Waals surface area contributed by atoms with Gasteiger partial charge in [-0.3, -0.25) is 0 Å². The van der Waals surface area contributed by atoms with Crippen molar-refractivity contribution in [2.75, 3.05) is 6.54 Å². The standard InChI is InChI=1S/C14H21BrN2O2S/c1-10-6-7-14(12(15)8-10)20(18,19)17-13-5-3-2-4-11(13)9-16/h6-8,11,13,17H,2-5,9,16H2,1H3. The minimum Gasteiger partial charge on any atom is -0.330 e. The first-order valence-electron chi connectivity index (χ1n) is 6.92. The van der Waals surface area contributed by atoms with E-state index in [-0.39, 0.29) is 12.0 Å². The molecule has 2 atom stereocenters. The number of nitrogens with two attached hydrogens (primary N) is 1. The number of aryl methyl sites for hydroxylation is 1. The van der Waals surface area contributed by atoms with Crippen LogP contribution in [0.2, 0.25) is 0 Å². The molecule has 1 saturated carbocycles. The van der Waals surface area contributed by atoms with Gasteiger partial charge in [-0.1, -0.05) is 18.9 Å². The molecule has 112 valence electrons. The summed E-state index contributed by atoms with van der Waals surface area (Å²) in [5.41, 5.74) is 6.78. The lowest BCUT2D eigenvalue weighted by Crippen LogP contribution is -2.44. The molecule has 1 aromatic carbocycles. The van der Waals surface area contributed by atoms with Crippen molar-refractivity contribution in [3.05, 3.63) is 28.2 Å². The smallest absolute Gasteiger partial charge is 0.241 e. The van der Waals surface area contributed by atoms with Crippen LogP contribution in [0.3, 0.4) is 0 Å². The zero-order valence-corrected chi connectivity index (χ0v) is 14.0. The van der Waals surface area contributed by atoms with Gasteiger partial charge in [0.1, 0.15) is 0 Å². The Balaban J connectivity index is 2.22. The minimum atomic E-state index is -3.50. The molecule has 0 amide bonds. The SMILES string of the molecule is Cc1ccc(S(=O)(=O)NC2CCCCC2CN)c(Br)c1. The largest absolute Gasteiger partial charge is 0.330 e. The van der Waals surface area contributed by atoms with E-state index in [0.29, 0.717) is 15.9 Å². The molecule has 0 aromatic heterocycles. The van der Waals surface area contributed by atoms with Crippen molar-refractivity contribution in [1.82, 2.24) is 4.72 Å². The highest BCUT2D eigenvalue weighted by Gasteiger charge is 2.29. The van der Waals surface area contributed by atoms with E-state index in [1.54, 1.807) is 12.1 Å². The van der Waals surface area contributed by atoms with E-state index in [2.05, 4.69) is 20.7 Å². The van der Waals surface area contributed by atoms with Crippen molar-refractivity contribution in [1.29, 1.82) is 0 Å². The van der Waals surface area contributed by atoms with Crippen LogP contribution in [0.1, 0.15) is 31.2 Å². The molecule has 4 nitrogen and oxygen atoms in total. The highest BCUT2D eigenvalue weighted by Crippen LogP contribution is 2.27. The predicted octanol–water partition coefficient (Wildman–Crippen LogP) is 2.55. The van der Waals surface area contributed by atoms with E-state index >= 15 is 0 Å². The molecule has 0 bridgehead atoms. The summed E-state index contributed by atoms with van der Waals surface area (Å²) in [6.07, 6.45) is 4.05. The maximum Gasteiger partial charge on any atom is 0.241 e. The third kappa shape index (κ3) is 3.61. The van der Waals surface area contributed by atoms with Gasteiger partial charge in [-0.2, -0.15) is 0 Å². The number of sulfonamides is 1. The van der Waals surface area contributed by atoms with E-state index in [0.717, 1.165) is 31.2 Å². The monoisotopic (exact) mass is 360 g/mol. The topological polar surface area (TPSA) is 72.2 Å². The first-order chi connectivity index (χ1) is 9.44. The summed E-state index contributed by atoms with van der Waals surface area (Å²) in [6, 6.07) is 5.21. The summed E-state index contributed by atoms with van der Waals surface area (Å²) in [6.45, 7) is 2.46. The van der Waals surface area contributed by atoms with Crippen molar-refractivity contribution in [2.24, 2.45) is 11.7 Å². The van der Waals surface area contributed by atoms with Crippen LogP contribution in [0.15, 0.2) is 27.6 Å². The van der Waals surface area contributed by atoms with E-state index in [1.807, 2.05) is 13.0 Å². The average Bonchev–Trinajstić information content (AvgIpc) is 2.38. The first-order valence-corrected chi connectivity index (χ1v) is 9.20. The summed E-state index contributed by atoms with van der Waals surface area (Å²) in [4.78, 5) is 0.296. The van der Waals surface area contributed by atoms with E-state index in [9.17, 15) is 8.42 Å². The number of halogens is 1. The summed E-state index contributed by atoms with van der Waals surface area (Å²) < 4.78 is 28.5. The van der Waals surface area contributed by atoms with Crippen LogP contribution in [0.5, 0.6) is 0 Å². The molecule has 1 aromatic rings. The molecule has 3 N–H and O–H groups in total. The van der Waals surface area contributed by atoms with Gasteiger partial charge < -0.3 is 5.73 Å². The molecule has 1 aliphatic carbocycles. The lowest BCUT2D eigenvalue weighted by Gasteiger charge is -2.31. The third-order valence-electron chi connectivity index (χ3n) is 3.90. The van der Waals surface area contributed by atoms with Gasteiger partial charge in [0.15, 0.2) is 0 Å². The Morgan fingerprint density at radius 3 is 2.70 bits per heavy atom. The van der Waals surface area contributed by atoms with Gasteiger partial charge in [-0.05, 0) is 65.9 Å². The Morgan fingerprint density at radius 1 is 1.35 bits per heavy atom. The highest BCUT2D eigenvalue weighted by molar-refractivity contribution is 9.10. The van der Waals surface area contributed by atoms with E-state index < -0.39 is 10.0 Å². The summed E-state index contributed by atoms with van der Waals surface area (Å²) in [7, 11) is -3.50. The molecule has 6 heteroatoms. The molecule has 1 aliphatic rings. The van der Waals surface area contributed by atoms with Crippen molar-refractivity contribution in [3.63, 3.8) is 0 Å². The van der Waals surface area contributed by atoms with Crippen LogP contribution in [0.25, 0.3) is 0 Å². The average molecular weight is 361 g/mol. The van der Waals surface area contributed by atoms with Crippen molar-refractivity contribution >= 4 is 26.0 Å². The molecule has 0 radical (unpaired) electrons. The Morgan fingerprint density at radius 2 is 2.05 bits per heavy atom. The van der Waals surface area contributed by atoms with Crippen molar-refractivity contribution < 1.29 is 8.42 Å². The lowest BCUT2D eigenvalue weighted by molar-refractivity contribution is 0.296. The number of hydrogen-bond donors (Lipinski definition) is 2. The molecular weight excluding hydrogens is 340 g/mol. The Labute approximate surface area is 129 Å². The fourth-order valence-corrected chi connectivity index (χ4v) is 5.26. The van der Waals surface area contributed by atoms with Crippen molar-refractivity contribution in [2.45, 2.75) is 43.5 Å². The fraction of sp³-hybridized carbons (Fsp3) is 0.571. The summed E-state index contributed by atoms with van der Waals surface area (Å²) in [5.74, 6) is 0.239. The molecule has 0 spiro atoms. The first kappa shape index (κ1) is 15.9. The second kappa shape index (κ2) is 6.56. The molecule has 20 heavy (non-hydrogen) atoms. The minimum absolute atomic E-state index is 0.0491. The van der Waals surface area contributed by atoms with Gasteiger partial charge >= 0.3 is 0 Å². The number of rotatable bonds is 4. The molecule has 0 aliphatic heterocycles. The molecule has 1 fully saturated rings. The number of hydrogen-bond acceptors (Lipinski definition) is 3. The number of nitrogens with one attached hydrogen (secondary N) is 1. The Bertz CT molecular complexity index is 575. The number of benzene rings is 1. The van der Waals surface area contributed by atoms with Crippen LogP contribution in [0.4, 0.5) is 0 Å². The van der Waals surface area contributed by atoms with Crippen LogP contribution in [0, 0.1) is 12.8 Å². The molecular formula is C14H21BrN2O2S.